The first-order chi connectivity index (χ1) is 10.2. The summed E-state index contributed by atoms with van der Waals surface area (Å²) in [4.78, 5) is 34.1. The van der Waals surface area contributed by atoms with E-state index >= 15 is 0 Å². The van der Waals surface area contributed by atoms with E-state index in [1.165, 1.54) is 13.8 Å². The van der Waals surface area contributed by atoms with E-state index in [0.717, 1.165) is 17.2 Å². The molecule has 0 bridgehead atoms. The van der Waals surface area contributed by atoms with Gasteiger partial charge in [0.1, 0.15) is 5.78 Å². The summed E-state index contributed by atoms with van der Waals surface area (Å²) in [5.41, 5.74) is 2.61. The molecule has 0 aliphatic carbocycles. The molecule has 6 nitrogen and oxygen atoms in total. The number of carbonyl (C=O) groups is 3. The third kappa shape index (κ3) is 5.40. The van der Waals surface area contributed by atoms with Gasteiger partial charge in [0.25, 0.3) is 0 Å². The van der Waals surface area contributed by atoms with Crippen molar-refractivity contribution in [2.75, 3.05) is 10.6 Å². The van der Waals surface area contributed by atoms with Crippen LogP contribution in [-0.4, -0.2) is 17.6 Å². The predicted molar refractivity (Wildman–Crippen MR) is 82.2 cm³/mol. The van der Waals surface area contributed by atoms with E-state index in [1.54, 1.807) is 26.0 Å². The molecule has 1 aromatic rings. The number of hydrogen-bond donors (Lipinski definition) is 2. The lowest BCUT2D eigenvalue weighted by Gasteiger charge is -2.14. The third-order valence-electron chi connectivity index (χ3n) is 2.85. The highest BCUT2D eigenvalue weighted by Crippen LogP contribution is 2.24. The van der Waals surface area contributed by atoms with Crippen molar-refractivity contribution < 1.29 is 19.5 Å². The van der Waals surface area contributed by atoms with Gasteiger partial charge in [0.15, 0.2) is 0 Å². The molecule has 0 heterocycles. The molecular formula is C16H19N2O4-. The molecule has 0 unspecified atom stereocenters. The van der Waals surface area contributed by atoms with Crippen LogP contribution < -0.4 is 15.7 Å². The number of nitrogens with one attached hydrogen (secondary N) is 2. The lowest BCUT2D eigenvalue weighted by Crippen LogP contribution is -2.16. The highest BCUT2D eigenvalue weighted by Gasteiger charge is 2.10. The van der Waals surface area contributed by atoms with Crippen LogP contribution in [0.5, 0.6) is 0 Å². The fourth-order valence-electron chi connectivity index (χ4n) is 1.86. The molecule has 2 amide bonds. The van der Waals surface area contributed by atoms with Crippen molar-refractivity contribution >= 4 is 29.0 Å². The summed E-state index contributed by atoms with van der Waals surface area (Å²) in [7, 11) is 0. The van der Waals surface area contributed by atoms with Crippen molar-refractivity contribution in [3.63, 3.8) is 0 Å². The Morgan fingerprint density at radius 2 is 1.55 bits per heavy atom. The molecule has 0 radical (unpaired) electrons. The Bertz CT molecular complexity index is 644. The molecule has 2 N–H and O–H groups in total. The van der Waals surface area contributed by atoms with Gasteiger partial charge in [-0.1, -0.05) is 6.92 Å². The van der Waals surface area contributed by atoms with Gasteiger partial charge in [-0.05, 0) is 50.1 Å². The third-order valence-corrected chi connectivity index (χ3v) is 2.85. The monoisotopic (exact) mass is 303 g/mol. The first-order valence-corrected chi connectivity index (χ1v) is 6.76. The van der Waals surface area contributed by atoms with Crippen LogP contribution in [0, 0.1) is 13.8 Å². The van der Waals surface area contributed by atoms with Crippen LogP contribution in [0.2, 0.25) is 0 Å². The van der Waals surface area contributed by atoms with Crippen molar-refractivity contribution in [3.05, 3.63) is 35.1 Å². The molecule has 22 heavy (non-hydrogen) atoms. The highest BCUT2D eigenvalue weighted by atomic mass is 16.3. The average Bonchev–Trinajstić information content (AvgIpc) is 2.33. The maximum Gasteiger partial charge on any atom is 0.247 e. The predicted octanol–water partition coefficient (Wildman–Crippen LogP) is 1.42. The zero-order chi connectivity index (χ0) is 16.9. The SMILES string of the molecule is CC(=O)CC(=O)Nc1cc(C)c(NC(=O)/C=C(/C)[O-])cc1C. The lowest BCUT2D eigenvalue weighted by atomic mass is 10.1. The summed E-state index contributed by atoms with van der Waals surface area (Å²) in [5, 5.41) is 16.1. The van der Waals surface area contributed by atoms with Gasteiger partial charge >= 0.3 is 0 Å². The van der Waals surface area contributed by atoms with Crippen LogP contribution in [0.25, 0.3) is 0 Å². The first-order valence-electron chi connectivity index (χ1n) is 6.76. The maximum atomic E-state index is 11.6. The van der Waals surface area contributed by atoms with Crippen LogP contribution in [-0.2, 0) is 14.4 Å². The number of hydrogen-bond acceptors (Lipinski definition) is 4. The number of Topliss-reactive ketones (excluding diaryl/α,β-unsaturated/α-hetero) is 1. The number of rotatable bonds is 5. The number of ketones is 1. The molecule has 118 valence electrons. The number of carbonyl (C=O) groups excluding carboxylic acids is 3. The number of amides is 2. The molecule has 0 saturated carbocycles. The molecule has 1 aromatic carbocycles. The molecule has 0 saturated heterocycles. The van der Waals surface area contributed by atoms with Gasteiger partial charge in [-0.25, -0.2) is 0 Å². The Hall–Kier alpha value is -2.63. The minimum Gasteiger partial charge on any atom is -0.875 e. The Labute approximate surface area is 129 Å². The van der Waals surface area contributed by atoms with Crippen LogP contribution in [0.1, 0.15) is 31.4 Å². The molecule has 0 atom stereocenters. The fourth-order valence-corrected chi connectivity index (χ4v) is 1.86. The molecular weight excluding hydrogens is 284 g/mol. The van der Waals surface area contributed by atoms with Crippen LogP contribution in [0.3, 0.4) is 0 Å². The van der Waals surface area contributed by atoms with Gasteiger partial charge in [-0.2, -0.15) is 0 Å². The van der Waals surface area contributed by atoms with Gasteiger partial charge < -0.3 is 15.7 Å². The van der Waals surface area contributed by atoms with Crippen molar-refractivity contribution in [1.82, 2.24) is 0 Å². The van der Waals surface area contributed by atoms with Crippen molar-refractivity contribution in [2.24, 2.45) is 0 Å². The van der Waals surface area contributed by atoms with Gasteiger partial charge in [-0.3, -0.25) is 14.4 Å². The number of allylic oxidation sites excluding steroid dienone is 1. The molecule has 6 heteroatoms. The standard InChI is InChI=1S/C16H20N2O4/c1-9-5-14(18-16(22)8-12(4)20)10(2)6-13(9)17-15(21)7-11(3)19/h5-7,19H,8H2,1-4H3,(H,17,21)(H,18,22)/p-1/b11-7-. The summed E-state index contributed by atoms with van der Waals surface area (Å²) < 4.78 is 0. The Kier molecular flexibility index (Phi) is 5.86. The molecule has 0 spiro atoms. The molecule has 0 aromatic heterocycles. The Morgan fingerprint density at radius 1 is 1.05 bits per heavy atom. The summed E-state index contributed by atoms with van der Waals surface area (Å²) in [5.74, 6) is -1.42. The first kappa shape index (κ1) is 17.4. The van der Waals surface area contributed by atoms with Crippen LogP contribution >= 0.6 is 0 Å². The van der Waals surface area contributed by atoms with E-state index < -0.39 is 5.91 Å². The second-order valence-corrected chi connectivity index (χ2v) is 5.15. The quantitative estimate of drug-likeness (QED) is 0.488. The van der Waals surface area contributed by atoms with Crippen molar-refractivity contribution in [1.29, 1.82) is 0 Å². The molecule has 0 aliphatic heterocycles. The van der Waals surface area contributed by atoms with E-state index in [1.807, 2.05) is 0 Å². The second-order valence-electron chi connectivity index (χ2n) is 5.15. The zero-order valence-corrected chi connectivity index (χ0v) is 13.1. The van der Waals surface area contributed by atoms with E-state index in [9.17, 15) is 19.5 Å². The highest BCUT2D eigenvalue weighted by molar-refractivity contribution is 6.04. The number of aryl methyl sites for hydroxylation is 2. The Morgan fingerprint density at radius 3 is 2.00 bits per heavy atom. The van der Waals surface area contributed by atoms with Gasteiger partial charge in [-0.15, -0.1) is 5.76 Å². The summed E-state index contributed by atoms with van der Waals surface area (Å²) in [6.07, 6.45) is 0.794. The maximum absolute atomic E-state index is 11.6. The molecule has 0 fully saturated rings. The normalized spacial score (nSPS) is 11.0. The van der Waals surface area contributed by atoms with Gasteiger partial charge in [0, 0.05) is 11.4 Å². The summed E-state index contributed by atoms with van der Waals surface area (Å²) in [6, 6.07) is 3.40. The van der Waals surface area contributed by atoms with E-state index in [0.29, 0.717) is 11.4 Å². The van der Waals surface area contributed by atoms with Crippen molar-refractivity contribution in [3.8, 4) is 0 Å². The lowest BCUT2D eigenvalue weighted by molar-refractivity contribution is -0.301. The van der Waals surface area contributed by atoms with Gasteiger partial charge in [0.05, 0.1) is 6.42 Å². The minimum atomic E-state index is -0.497. The fraction of sp³-hybridized carbons (Fsp3) is 0.312. The average molecular weight is 303 g/mol. The van der Waals surface area contributed by atoms with E-state index in [-0.39, 0.29) is 23.9 Å². The van der Waals surface area contributed by atoms with Crippen molar-refractivity contribution in [2.45, 2.75) is 34.1 Å². The Balaban J connectivity index is 2.92. The molecule has 0 aliphatic rings. The van der Waals surface area contributed by atoms with Crippen LogP contribution in [0.15, 0.2) is 24.0 Å². The van der Waals surface area contributed by atoms with E-state index in [4.69, 9.17) is 0 Å². The largest absolute Gasteiger partial charge is 0.875 e. The minimum absolute atomic E-state index is 0.176. The smallest absolute Gasteiger partial charge is 0.247 e. The topological polar surface area (TPSA) is 98.3 Å². The summed E-state index contributed by atoms with van der Waals surface area (Å²) >= 11 is 0. The number of benzene rings is 1. The summed E-state index contributed by atoms with van der Waals surface area (Å²) in [6.45, 7) is 6.18. The second kappa shape index (κ2) is 7.40. The van der Waals surface area contributed by atoms with E-state index in [2.05, 4.69) is 10.6 Å². The van der Waals surface area contributed by atoms with Gasteiger partial charge in [0.2, 0.25) is 11.8 Å². The van der Waals surface area contributed by atoms with Crippen LogP contribution in [0.4, 0.5) is 11.4 Å². The molecule has 1 rings (SSSR count). The number of anilines is 2. The zero-order valence-electron chi connectivity index (χ0n) is 13.1.